The lowest BCUT2D eigenvalue weighted by Crippen LogP contribution is -2.45. The maximum atomic E-state index is 12.7. The Kier molecular flexibility index (Phi) is 6.75. The molecule has 0 fully saturated rings. The Morgan fingerprint density at radius 2 is 1.50 bits per heavy atom. The number of aromatic nitrogens is 2. The zero-order valence-corrected chi connectivity index (χ0v) is 18.8. The molecule has 1 aromatic heterocycles. The summed E-state index contributed by atoms with van der Waals surface area (Å²) >= 11 is 0. The van der Waals surface area contributed by atoms with E-state index >= 15 is 0 Å². The Morgan fingerprint density at radius 1 is 0.906 bits per heavy atom. The first-order valence-corrected chi connectivity index (χ1v) is 12.7. The van der Waals surface area contributed by atoms with E-state index in [4.69, 9.17) is 0 Å². The Hall–Kier alpha value is -3.51. The van der Waals surface area contributed by atoms with Gasteiger partial charge in [0.25, 0.3) is 10.0 Å². The predicted octanol–water partition coefficient (Wildman–Crippen LogP) is 2.07. The number of hydrogen-bond donors (Lipinski definition) is 2. The molecule has 1 heterocycles. The molecule has 12 heteroatoms. The highest BCUT2D eigenvalue weighted by atomic mass is 32.2. The van der Waals surface area contributed by atoms with Crippen LogP contribution in [0.3, 0.4) is 0 Å². The number of rotatable bonds is 8. The molecule has 0 spiro atoms. The summed E-state index contributed by atoms with van der Waals surface area (Å²) in [5.41, 5.74) is 0.659. The number of carbonyl (C=O) groups is 1. The first kappa shape index (κ1) is 23.2. The minimum Gasteiger partial charge on any atom is -0.324 e. The van der Waals surface area contributed by atoms with Crippen molar-refractivity contribution in [2.75, 3.05) is 20.6 Å². The molecule has 1 atom stereocenters. The number of nitrogens with zero attached hydrogens (tertiary/aromatic N) is 3. The second-order valence-corrected chi connectivity index (χ2v) is 10.3. The first-order chi connectivity index (χ1) is 15.1. The summed E-state index contributed by atoms with van der Waals surface area (Å²) in [5, 5.41) is 2.61. The topological polar surface area (TPSA) is 138 Å². The van der Waals surface area contributed by atoms with Crippen molar-refractivity contribution in [3.05, 3.63) is 73.1 Å². The van der Waals surface area contributed by atoms with Gasteiger partial charge in [0, 0.05) is 18.1 Å². The maximum Gasteiger partial charge on any atom is 0.264 e. The van der Waals surface area contributed by atoms with E-state index in [-0.39, 0.29) is 10.8 Å². The lowest BCUT2D eigenvalue weighted by atomic mass is 10.2. The van der Waals surface area contributed by atoms with Crippen molar-refractivity contribution in [1.82, 2.24) is 9.97 Å². The summed E-state index contributed by atoms with van der Waals surface area (Å²) in [5.74, 6) is -0.647. The Labute approximate surface area is 186 Å². The molecule has 2 aromatic carbocycles. The standard InChI is InChI=1S/C20H21N5O5S2/c1-15(25(31(2,27)28)17-7-4-3-5-8-17)19(26)23-16-9-11-18(12-10-16)32(29,30)24-20-21-13-6-14-22-20/h3-15H,1-2H3,(H,23,26)(H,21,22,24)/t15-/m0/s1. The predicted molar refractivity (Wildman–Crippen MR) is 121 cm³/mol. The maximum absolute atomic E-state index is 12.7. The van der Waals surface area contributed by atoms with Crippen LogP contribution in [0.4, 0.5) is 17.3 Å². The molecule has 168 valence electrons. The van der Waals surface area contributed by atoms with Crippen LogP contribution >= 0.6 is 0 Å². The van der Waals surface area contributed by atoms with E-state index in [9.17, 15) is 21.6 Å². The third-order valence-corrected chi connectivity index (χ3v) is 6.91. The lowest BCUT2D eigenvalue weighted by molar-refractivity contribution is -0.116. The van der Waals surface area contributed by atoms with Crippen LogP contribution in [-0.4, -0.2) is 45.0 Å². The highest BCUT2D eigenvalue weighted by Crippen LogP contribution is 2.22. The fraction of sp³-hybridized carbons (Fsp3) is 0.150. The molecule has 3 aromatic rings. The van der Waals surface area contributed by atoms with E-state index in [1.54, 1.807) is 36.4 Å². The molecule has 2 N–H and O–H groups in total. The second-order valence-electron chi connectivity index (χ2n) is 6.76. The van der Waals surface area contributed by atoms with E-state index in [1.807, 2.05) is 0 Å². The van der Waals surface area contributed by atoms with Gasteiger partial charge < -0.3 is 5.32 Å². The van der Waals surface area contributed by atoms with E-state index in [2.05, 4.69) is 20.0 Å². The number of amides is 1. The largest absolute Gasteiger partial charge is 0.324 e. The van der Waals surface area contributed by atoms with Crippen molar-refractivity contribution in [3.63, 3.8) is 0 Å². The number of benzene rings is 2. The Balaban J connectivity index is 1.75. The molecule has 32 heavy (non-hydrogen) atoms. The van der Waals surface area contributed by atoms with Crippen LogP contribution in [0.25, 0.3) is 0 Å². The molecule has 3 rings (SSSR count). The summed E-state index contributed by atoms with van der Waals surface area (Å²) in [6.07, 6.45) is 3.83. The number of carbonyl (C=O) groups excluding carboxylic acids is 1. The number of sulfonamides is 2. The summed E-state index contributed by atoms with van der Waals surface area (Å²) in [4.78, 5) is 20.3. The molecular formula is C20H21N5O5S2. The fourth-order valence-corrected chi connectivity index (χ4v) is 5.01. The molecule has 0 aliphatic rings. The molecule has 0 radical (unpaired) electrons. The minimum absolute atomic E-state index is 0.0574. The lowest BCUT2D eigenvalue weighted by Gasteiger charge is -2.28. The highest BCUT2D eigenvalue weighted by Gasteiger charge is 2.29. The van der Waals surface area contributed by atoms with Crippen molar-refractivity contribution < 1.29 is 21.6 Å². The molecule has 0 saturated heterocycles. The summed E-state index contributed by atoms with van der Waals surface area (Å²) in [7, 11) is -7.66. The summed E-state index contributed by atoms with van der Waals surface area (Å²) < 4.78 is 52.8. The quantitative estimate of drug-likeness (QED) is 0.508. The molecule has 1 amide bonds. The number of anilines is 3. The van der Waals surface area contributed by atoms with Gasteiger partial charge in [-0.25, -0.2) is 31.5 Å². The van der Waals surface area contributed by atoms with Crippen molar-refractivity contribution in [1.29, 1.82) is 0 Å². The van der Waals surface area contributed by atoms with Gasteiger partial charge in [0.05, 0.1) is 16.8 Å². The molecule has 0 unspecified atom stereocenters. The van der Waals surface area contributed by atoms with Gasteiger partial charge in [0.15, 0.2) is 0 Å². The van der Waals surface area contributed by atoms with Crippen molar-refractivity contribution >= 4 is 43.3 Å². The minimum atomic E-state index is -3.92. The zero-order valence-electron chi connectivity index (χ0n) is 17.2. The van der Waals surface area contributed by atoms with Crippen LogP contribution in [-0.2, 0) is 24.8 Å². The van der Waals surface area contributed by atoms with Crippen LogP contribution in [0.2, 0.25) is 0 Å². The van der Waals surface area contributed by atoms with Crippen molar-refractivity contribution in [2.24, 2.45) is 0 Å². The second kappa shape index (κ2) is 9.32. The van der Waals surface area contributed by atoms with Gasteiger partial charge in [-0.3, -0.25) is 9.10 Å². The first-order valence-electron chi connectivity index (χ1n) is 9.33. The fourth-order valence-electron chi connectivity index (χ4n) is 2.88. The number of para-hydroxylation sites is 1. The van der Waals surface area contributed by atoms with Gasteiger partial charge >= 0.3 is 0 Å². The Bertz CT molecular complexity index is 1280. The molecule has 0 aliphatic heterocycles. The van der Waals surface area contributed by atoms with Crippen LogP contribution in [0.5, 0.6) is 0 Å². The summed E-state index contributed by atoms with van der Waals surface area (Å²) in [6, 6.07) is 14.2. The van der Waals surface area contributed by atoms with Gasteiger partial charge in [0.2, 0.25) is 21.9 Å². The molecule has 0 saturated carbocycles. The van der Waals surface area contributed by atoms with E-state index in [0.717, 1.165) is 10.6 Å². The van der Waals surface area contributed by atoms with Crippen molar-refractivity contribution in [3.8, 4) is 0 Å². The third-order valence-electron chi connectivity index (χ3n) is 4.32. The third kappa shape index (κ3) is 5.59. The average molecular weight is 476 g/mol. The van der Waals surface area contributed by atoms with Gasteiger partial charge in [0.1, 0.15) is 6.04 Å². The molecule has 0 bridgehead atoms. The summed E-state index contributed by atoms with van der Waals surface area (Å²) in [6.45, 7) is 1.46. The smallest absolute Gasteiger partial charge is 0.264 e. The monoisotopic (exact) mass is 475 g/mol. The van der Waals surface area contributed by atoms with Crippen LogP contribution in [0.15, 0.2) is 78.0 Å². The van der Waals surface area contributed by atoms with Gasteiger partial charge in [-0.15, -0.1) is 0 Å². The van der Waals surface area contributed by atoms with Crippen LogP contribution in [0.1, 0.15) is 6.92 Å². The SMILES string of the molecule is C[C@@H](C(=O)Nc1ccc(S(=O)(=O)Nc2ncccn2)cc1)N(c1ccccc1)S(C)(=O)=O. The van der Waals surface area contributed by atoms with E-state index < -0.39 is 32.0 Å². The number of nitrogens with one attached hydrogen (secondary N) is 2. The highest BCUT2D eigenvalue weighted by molar-refractivity contribution is 7.92. The van der Waals surface area contributed by atoms with Crippen LogP contribution in [0, 0.1) is 0 Å². The van der Waals surface area contributed by atoms with Crippen LogP contribution < -0.4 is 14.3 Å². The van der Waals surface area contributed by atoms with E-state index in [1.165, 1.54) is 43.6 Å². The van der Waals surface area contributed by atoms with E-state index in [0.29, 0.717) is 11.4 Å². The average Bonchev–Trinajstić information content (AvgIpc) is 2.74. The number of hydrogen-bond acceptors (Lipinski definition) is 7. The Morgan fingerprint density at radius 3 is 2.06 bits per heavy atom. The van der Waals surface area contributed by atoms with Crippen molar-refractivity contribution in [2.45, 2.75) is 17.9 Å². The van der Waals surface area contributed by atoms with Gasteiger partial charge in [-0.1, -0.05) is 18.2 Å². The molecule has 0 aliphatic carbocycles. The van der Waals surface area contributed by atoms with Gasteiger partial charge in [-0.2, -0.15) is 0 Å². The zero-order chi connectivity index (χ0) is 23.4. The normalized spacial score (nSPS) is 12.6. The van der Waals surface area contributed by atoms with Gasteiger partial charge in [-0.05, 0) is 49.4 Å². The molecular weight excluding hydrogens is 454 g/mol. The molecule has 10 nitrogen and oxygen atoms in total.